The zero-order valence-corrected chi connectivity index (χ0v) is 8.34. The van der Waals surface area contributed by atoms with E-state index in [1.165, 1.54) is 0 Å². The van der Waals surface area contributed by atoms with Gasteiger partial charge in [0.2, 0.25) is 0 Å². The second kappa shape index (κ2) is 6.21. The van der Waals surface area contributed by atoms with Crippen molar-refractivity contribution in [2.45, 2.75) is 45.3 Å². The zero-order valence-electron chi connectivity index (χ0n) is 8.34. The number of hydrogen-bond donors (Lipinski definition) is 1. The Morgan fingerprint density at radius 1 is 1.50 bits per heavy atom. The summed E-state index contributed by atoms with van der Waals surface area (Å²) in [5.41, 5.74) is 1.03. The predicted octanol–water partition coefficient (Wildman–Crippen LogP) is 2.13. The summed E-state index contributed by atoms with van der Waals surface area (Å²) in [5.74, 6) is 0. The van der Waals surface area contributed by atoms with Crippen molar-refractivity contribution in [3.05, 3.63) is 12.2 Å². The molecule has 0 fully saturated rings. The third-order valence-electron chi connectivity index (χ3n) is 1.89. The normalized spacial score (nSPS) is 15.7. The molecule has 0 amide bonds. The molecule has 0 spiro atoms. The summed E-state index contributed by atoms with van der Waals surface area (Å²) in [6.07, 6.45) is 2.40. The van der Waals surface area contributed by atoms with Gasteiger partial charge in [-0.3, -0.25) is 0 Å². The van der Waals surface area contributed by atoms with E-state index in [0.29, 0.717) is 6.42 Å². The number of aliphatic hydroxyl groups excluding tert-OH is 1. The van der Waals surface area contributed by atoms with Gasteiger partial charge in [0.05, 0.1) is 12.2 Å². The predicted molar refractivity (Wildman–Crippen MR) is 51.1 cm³/mol. The lowest BCUT2D eigenvalue weighted by atomic mass is 10.1. The highest BCUT2D eigenvalue weighted by Crippen LogP contribution is 2.10. The Morgan fingerprint density at radius 3 is 2.50 bits per heavy atom. The molecule has 0 heterocycles. The van der Waals surface area contributed by atoms with Gasteiger partial charge in [-0.2, -0.15) is 0 Å². The van der Waals surface area contributed by atoms with Gasteiger partial charge < -0.3 is 9.84 Å². The summed E-state index contributed by atoms with van der Waals surface area (Å²) >= 11 is 0. The lowest BCUT2D eigenvalue weighted by Gasteiger charge is -2.13. The number of hydrogen-bond acceptors (Lipinski definition) is 2. The minimum atomic E-state index is -0.250. The van der Waals surface area contributed by atoms with Gasteiger partial charge in [0, 0.05) is 7.11 Å². The number of ether oxygens (including phenoxy) is 1. The maximum absolute atomic E-state index is 9.45. The summed E-state index contributed by atoms with van der Waals surface area (Å²) < 4.78 is 5.07. The molecule has 1 N–H and O–H groups in total. The Labute approximate surface area is 75.2 Å². The first-order valence-corrected chi connectivity index (χ1v) is 4.41. The van der Waals surface area contributed by atoms with Crippen LogP contribution in [0.5, 0.6) is 0 Å². The van der Waals surface area contributed by atoms with E-state index in [9.17, 15) is 5.11 Å². The Kier molecular flexibility index (Phi) is 6.03. The van der Waals surface area contributed by atoms with Crippen LogP contribution >= 0.6 is 0 Å². The van der Waals surface area contributed by atoms with Crippen LogP contribution in [0.15, 0.2) is 12.2 Å². The van der Waals surface area contributed by atoms with E-state index in [2.05, 4.69) is 6.58 Å². The van der Waals surface area contributed by atoms with Crippen LogP contribution in [0.25, 0.3) is 0 Å². The van der Waals surface area contributed by atoms with E-state index in [-0.39, 0.29) is 12.2 Å². The average molecular weight is 172 g/mol. The van der Waals surface area contributed by atoms with Crippen molar-refractivity contribution in [2.75, 3.05) is 7.11 Å². The van der Waals surface area contributed by atoms with Crippen molar-refractivity contribution >= 4 is 0 Å². The highest BCUT2D eigenvalue weighted by atomic mass is 16.5. The maximum Gasteiger partial charge on any atom is 0.0578 e. The molecule has 0 saturated carbocycles. The lowest BCUT2D eigenvalue weighted by Crippen LogP contribution is -2.12. The summed E-state index contributed by atoms with van der Waals surface area (Å²) in [7, 11) is 1.69. The Hall–Kier alpha value is -0.340. The molecule has 0 bridgehead atoms. The monoisotopic (exact) mass is 172 g/mol. The topological polar surface area (TPSA) is 29.5 Å². The summed E-state index contributed by atoms with van der Waals surface area (Å²) in [6.45, 7) is 7.69. The Balaban J connectivity index is 3.43. The maximum atomic E-state index is 9.45. The third-order valence-corrected chi connectivity index (χ3v) is 1.89. The first-order chi connectivity index (χ1) is 5.56. The van der Waals surface area contributed by atoms with Crippen LogP contribution in [0.2, 0.25) is 0 Å². The molecule has 2 heteroatoms. The molecular weight excluding hydrogens is 152 g/mol. The smallest absolute Gasteiger partial charge is 0.0578 e. The third kappa shape index (κ3) is 6.38. The van der Waals surface area contributed by atoms with E-state index in [1.807, 2.05) is 13.8 Å². The van der Waals surface area contributed by atoms with Crippen LogP contribution in [0.1, 0.15) is 33.1 Å². The fourth-order valence-electron chi connectivity index (χ4n) is 1.05. The minimum absolute atomic E-state index is 0.241. The van der Waals surface area contributed by atoms with E-state index >= 15 is 0 Å². The molecule has 0 aromatic heterocycles. The van der Waals surface area contributed by atoms with Gasteiger partial charge in [0.25, 0.3) is 0 Å². The Morgan fingerprint density at radius 2 is 2.08 bits per heavy atom. The quantitative estimate of drug-likeness (QED) is 0.622. The zero-order chi connectivity index (χ0) is 9.56. The fraction of sp³-hybridized carbons (Fsp3) is 0.800. The molecule has 0 aliphatic heterocycles. The first kappa shape index (κ1) is 11.7. The van der Waals surface area contributed by atoms with Crippen LogP contribution in [-0.4, -0.2) is 24.4 Å². The molecule has 0 aromatic rings. The summed E-state index contributed by atoms with van der Waals surface area (Å²) in [5, 5.41) is 9.45. The summed E-state index contributed by atoms with van der Waals surface area (Å²) in [6, 6.07) is 0. The number of aliphatic hydroxyl groups is 1. The van der Waals surface area contributed by atoms with Gasteiger partial charge in [-0.1, -0.05) is 5.57 Å². The molecule has 0 saturated heterocycles. The second-order valence-electron chi connectivity index (χ2n) is 3.44. The van der Waals surface area contributed by atoms with E-state index in [4.69, 9.17) is 4.74 Å². The molecule has 12 heavy (non-hydrogen) atoms. The summed E-state index contributed by atoms with van der Waals surface area (Å²) in [4.78, 5) is 0. The van der Waals surface area contributed by atoms with E-state index in [0.717, 1.165) is 18.4 Å². The van der Waals surface area contributed by atoms with Crippen molar-refractivity contribution in [2.24, 2.45) is 0 Å². The Bertz CT molecular complexity index is 132. The highest BCUT2D eigenvalue weighted by Gasteiger charge is 2.06. The highest BCUT2D eigenvalue weighted by molar-refractivity contribution is 4.90. The molecule has 2 nitrogen and oxygen atoms in total. The van der Waals surface area contributed by atoms with Gasteiger partial charge in [-0.25, -0.2) is 0 Å². The minimum Gasteiger partial charge on any atom is -0.393 e. The van der Waals surface area contributed by atoms with Gasteiger partial charge >= 0.3 is 0 Å². The SMILES string of the molecule is C=C(C)CC(O)CCC(C)OC. The molecule has 2 atom stereocenters. The van der Waals surface area contributed by atoms with Crippen molar-refractivity contribution in [3.8, 4) is 0 Å². The van der Waals surface area contributed by atoms with E-state index in [1.54, 1.807) is 7.11 Å². The van der Waals surface area contributed by atoms with Gasteiger partial charge in [0.15, 0.2) is 0 Å². The molecule has 72 valence electrons. The number of rotatable bonds is 6. The van der Waals surface area contributed by atoms with Gasteiger partial charge in [-0.15, -0.1) is 6.58 Å². The first-order valence-electron chi connectivity index (χ1n) is 4.41. The molecule has 0 rings (SSSR count). The molecule has 0 aliphatic rings. The molecular formula is C10H20O2. The van der Waals surface area contributed by atoms with Crippen molar-refractivity contribution in [1.82, 2.24) is 0 Å². The van der Waals surface area contributed by atoms with Crippen LogP contribution in [0, 0.1) is 0 Å². The van der Waals surface area contributed by atoms with Crippen LogP contribution in [0.3, 0.4) is 0 Å². The van der Waals surface area contributed by atoms with Crippen LogP contribution in [-0.2, 0) is 4.74 Å². The lowest BCUT2D eigenvalue weighted by molar-refractivity contribution is 0.0852. The molecule has 2 unspecified atom stereocenters. The largest absolute Gasteiger partial charge is 0.393 e. The molecule has 0 aromatic carbocycles. The molecule has 0 radical (unpaired) electrons. The number of methoxy groups -OCH3 is 1. The van der Waals surface area contributed by atoms with Gasteiger partial charge in [-0.05, 0) is 33.1 Å². The van der Waals surface area contributed by atoms with E-state index < -0.39 is 0 Å². The van der Waals surface area contributed by atoms with Crippen molar-refractivity contribution in [1.29, 1.82) is 0 Å². The van der Waals surface area contributed by atoms with Gasteiger partial charge in [0.1, 0.15) is 0 Å². The molecule has 0 aliphatic carbocycles. The van der Waals surface area contributed by atoms with Crippen molar-refractivity contribution in [3.63, 3.8) is 0 Å². The van der Waals surface area contributed by atoms with Crippen molar-refractivity contribution < 1.29 is 9.84 Å². The second-order valence-corrected chi connectivity index (χ2v) is 3.44. The fourth-order valence-corrected chi connectivity index (χ4v) is 1.05. The van der Waals surface area contributed by atoms with Crippen LogP contribution in [0.4, 0.5) is 0 Å². The standard InChI is InChI=1S/C10H20O2/c1-8(2)7-10(11)6-5-9(3)12-4/h9-11H,1,5-7H2,2-4H3. The average Bonchev–Trinajstić information content (AvgIpc) is 1.99. The van der Waals surface area contributed by atoms with Crippen LogP contribution < -0.4 is 0 Å².